The summed E-state index contributed by atoms with van der Waals surface area (Å²) in [7, 11) is 0. The van der Waals surface area contributed by atoms with Gasteiger partial charge in [0.25, 0.3) is 0 Å². The number of carboxylic acids is 1. The predicted molar refractivity (Wildman–Crippen MR) is 40.1 cm³/mol. The molecule has 1 heterocycles. The Bertz CT molecular complexity index is 287. The van der Waals surface area contributed by atoms with Crippen LogP contribution in [0.4, 0.5) is 0 Å². The van der Waals surface area contributed by atoms with Gasteiger partial charge in [-0.05, 0) is 13.8 Å². The maximum absolute atomic E-state index is 10.6. The first kappa shape index (κ1) is 12.1. The van der Waals surface area contributed by atoms with Crippen molar-refractivity contribution in [1.29, 1.82) is 0 Å². The molecule has 0 unspecified atom stereocenters. The van der Waals surface area contributed by atoms with Crippen molar-refractivity contribution in [3.63, 3.8) is 0 Å². The fourth-order valence-corrected chi connectivity index (χ4v) is 0.726. The SMILES string of the molecule is CC(C)(C(=O)[O-])c1cnccn1.[Li+]. The predicted octanol–water partition coefficient (Wildman–Crippen LogP) is -3.49. The van der Waals surface area contributed by atoms with E-state index in [4.69, 9.17) is 0 Å². The maximum atomic E-state index is 10.6. The van der Waals surface area contributed by atoms with Gasteiger partial charge in [0.05, 0.1) is 11.7 Å². The van der Waals surface area contributed by atoms with Crippen molar-refractivity contribution in [2.24, 2.45) is 0 Å². The third-order valence-electron chi connectivity index (χ3n) is 1.71. The molecule has 0 aliphatic carbocycles. The van der Waals surface area contributed by atoms with Gasteiger partial charge in [0.15, 0.2) is 0 Å². The molecule has 1 aromatic heterocycles. The summed E-state index contributed by atoms with van der Waals surface area (Å²) in [6.07, 6.45) is 4.38. The molecule has 0 spiro atoms. The monoisotopic (exact) mass is 172 g/mol. The molecule has 0 atom stereocenters. The van der Waals surface area contributed by atoms with Crippen molar-refractivity contribution in [1.82, 2.24) is 9.97 Å². The van der Waals surface area contributed by atoms with E-state index in [0.29, 0.717) is 5.69 Å². The van der Waals surface area contributed by atoms with Crippen LogP contribution in [-0.2, 0) is 10.2 Å². The quantitative estimate of drug-likeness (QED) is 0.434. The van der Waals surface area contributed by atoms with Crippen LogP contribution in [-0.4, -0.2) is 15.9 Å². The molecule has 0 amide bonds. The Balaban J connectivity index is 0.00000144. The molecular weight excluding hydrogens is 163 g/mol. The van der Waals surface area contributed by atoms with E-state index < -0.39 is 11.4 Å². The molecule has 0 aliphatic rings. The van der Waals surface area contributed by atoms with Crippen molar-refractivity contribution in [2.45, 2.75) is 19.3 Å². The molecule has 0 fully saturated rings. The summed E-state index contributed by atoms with van der Waals surface area (Å²) in [4.78, 5) is 18.3. The molecule has 4 nitrogen and oxygen atoms in total. The summed E-state index contributed by atoms with van der Waals surface area (Å²) >= 11 is 0. The van der Waals surface area contributed by atoms with E-state index in [9.17, 15) is 9.90 Å². The zero-order valence-electron chi connectivity index (χ0n) is 7.94. The van der Waals surface area contributed by atoms with Gasteiger partial charge in [0.1, 0.15) is 0 Å². The van der Waals surface area contributed by atoms with Gasteiger partial charge in [0, 0.05) is 24.0 Å². The minimum atomic E-state index is -1.15. The Morgan fingerprint density at radius 1 is 1.46 bits per heavy atom. The van der Waals surface area contributed by atoms with Crippen LogP contribution in [0.1, 0.15) is 19.5 Å². The molecule has 0 aromatic carbocycles. The number of aromatic nitrogens is 2. The van der Waals surface area contributed by atoms with Crippen molar-refractivity contribution in [3.05, 3.63) is 24.3 Å². The Hall–Kier alpha value is -0.853. The average molecular weight is 172 g/mol. The summed E-state index contributed by atoms with van der Waals surface area (Å²) in [6.45, 7) is 3.07. The van der Waals surface area contributed by atoms with Gasteiger partial charge in [-0.15, -0.1) is 0 Å². The van der Waals surface area contributed by atoms with E-state index in [-0.39, 0.29) is 18.9 Å². The third kappa shape index (κ3) is 2.54. The zero-order valence-corrected chi connectivity index (χ0v) is 7.94. The van der Waals surface area contributed by atoms with Crippen molar-refractivity contribution in [2.75, 3.05) is 0 Å². The van der Waals surface area contributed by atoms with E-state index in [2.05, 4.69) is 9.97 Å². The van der Waals surface area contributed by atoms with Crippen LogP contribution in [0.25, 0.3) is 0 Å². The Kier molecular flexibility index (Phi) is 4.11. The number of carbonyl (C=O) groups is 1. The smallest absolute Gasteiger partial charge is 0.549 e. The van der Waals surface area contributed by atoms with Crippen LogP contribution < -0.4 is 24.0 Å². The Morgan fingerprint density at radius 3 is 2.46 bits per heavy atom. The van der Waals surface area contributed by atoms with Gasteiger partial charge < -0.3 is 9.90 Å². The van der Waals surface area contributed by atoms with Gasteiger partial charge >= 0.3 is 18.9 Å². The molecule has 13 heavy (non-hydrogen) atoms. The number of hydrogen-bond acceptors (Lipinski definition) is 4. The number of rotatable bonds is 2. The molecular formula is C8H9LiN2O2. The van der Waals surface area contributed by atoms with Crippen LogP contribution in [0.5, 0.6) is 0 Å². The average Bonchev–Trinajstić information content (AvgIpc) is 2.06. The second-order valence-electron chi connectivity index (χ2n) is 3.00. The van der Waals surface area contributed by atoms with Crippen molar-refractivity contribution < 1.29 is 28.8 Å². The van der Waals surface area contributed by atoms with Gasteiger partial charge in [-0.25, -0.2) is 0 Å². The number of carboxylic acid groups (broad SMARTS) is 1. The van der Waals surface area contributed by atoms with E-state index in [1.54, 1.807) is 0 Å². The summed E-state index contributed by atoms with van der Waals surface area (Å²) in [6, 6.07) is 0. The van der Waals surface area contributed by atoms with Gasteiger partial charge in [-0.1, -0.05) is 0 Å². The molecule has 0 aliphatic heterocycles. The summed E-state index contributed by atoms with van der Waals surface area (Å²) < 4.78 is 0. The molecule has 0 saturated carbocycles. The Labute approximate surface area is 88.6 Å². The summed E-state index contributed by atoms with van der Waals surface area (Å²) in [5.41, 5.74) is -0.668. The normalized spacial score (nSPS) is 10.3. The van der Waals surface area contributed by atoms with Crippen molar-refractivity contribution >= 4 is 5.97 Å². The zero-order chi connectivity index (χ0) is 9.19. The second-order valence-corrected chi connectivity index (χ2v) is 3.00. The third-order valence-corrected chi connectivity index (χ3v) is 1.71. The van der Waals surface area contributed by atoms with E-state index in [1.807, 2.05) is 0 Å². The molecule has 0 N–H and O–H groups in total. The fourth-order valence-electron chi connectivity index (χ4n) is 0.726. The number of nitrogens with zero attached hydrogens (tertiary/aromatic N) is 2. The molecule has 64 valence electrons. The summed E-state index contributed by atoms with van der Waals surface area (Å²) in [5, 5.41) is 10.6. The second kappa shape index (κ2) is 4.40. The number of aliphatic carboxylic acids is 1. The van der Waals surface area contributed by atoms with Crippen LogP contribution >= 0.6 is 0 Å². The number of hydrogen-bond donors (Lipinski definition) is 0. The first-order valence-electron chi connectivity index (χ1n) is 3.53. The Morgan fingerprint density at radius 2 is 2.08 bits per heavy atom. The molecule has 1 aromatic rings. The van der Waals surface area contributed by atoms with Crippen LogP contribution in [0.15, 0.2) is 18.6 Å². The molecule has 0 saturated heterocycles. The fraction of sp³-hybridized carbons (Fsp3) is 0.375. The van der Waals surface area contributed by atoms with E-state index in [1.165, 1.54) is 32.4 Å². The van der Waals surface area contributed by atoms with Crippen LogP contribution in [0.3, 0.4) is 0 Å². The van der Waals surface area contributed by atoms with E-state index >= 15 is 0 Å². The van der Waals surface area contributed by atoms with Gasteiger partial charge in [-0.2, -0.15) is 0 Å². The largest absolute Gasteiger partial charge is 1.00 e. The molecule has 0 bridgehead atoms. The van der Waals surface area contributed by atoms with Gasteiger partial charge in [-0.3, -0.25) is 9.97 Å². The number of carbonyl (C=O) groups excluding carboxylic acids is 1. The molecule has 5 heteroatoms. The van der Waals surface area contributed by atoms with Crippen LogP contribution in [0, 0.1) is 0 Å². The van der Waals surface area contributed by atoms with Crippen molar-refractivity contribution in [3.8, 4) is 0 Å². The van der Waals surface area contributed by atoms with Crippen LogP contribution in [0.2, 0.25) is 0 Å². The van der Waals surface area contributed by atoms with E-state index in [0.717, 1.165) is 0 Å². The topological polar surface area (TPSA) is 65.9 Å². The minimum absolute atomic E-state index is 0. The maximum Gasteiger partial charge on any atom is 1.00 e. The molecule has 1 rings (SSSR count). The van der Waals surface area contributed by atoms with Gasteiger partial charge in [0.2, 0.25) is 0 Å². The first-order valence-corrected chi connectivity index (χ1v) is 3.53. The first-order chi connectivity index (χ1) is 5.55. The minimum Gasteiger partial charge on any atom is -0.549 e. The standard InChI is InChI=1S/C8H10N2O2.Li/c1-8(2,7(11)12)6-5-9-3-4-10-6;/h3-5H,1-2H3,(H,11,12);/q;+1/p-1. The molecule has 0 radical (unpaired) electrons. The summed E-state index contributed by atoms with van der Waals surface area (Å²) in [5.74, 6) is -1.15.